The number of hydrogen-bond donors (Lipinski definition) is 0. The van der Waals surface area contributed by atoms with Gasteiger partial charge in [0.2, 0.25) is 0 Å². The van der Waals surface area contributed by atoms with Gasteiger partial charge in [-0.2, -0.15) is 0 Å². The summed E-state index contributed by atoms with van der Waals surface area (Å²) in [6.07, 6.45) is 2.91. The van der Waals surface area contributed by atoms with Gasteiger partial charge in [0.1, 0.15) is 0 Å². The highest BCUT2D eigenvalue weighted by Crippen LogP contribution is 2.18. The third-order valence-electron chi connectivity index (χ3n) is 2.70. The molecule has 0 aromatic carbocycles. The predicted octanol–water partition coefficient (Wildman–Crippen LogP) is 2.46. The maximum Gasteiger partial charge on any atom is 0.289 e. The zero-order chi connectivity index (χ0) is 12.3. The molecule has 1 amide bonds. The molecule has 1 aliphatic heterocycles. The van der Waals surface area contributed by atoms with E-state index in [9.17, 15) is 4.79 Å². The summed E-state index contributed by atoms with van der Waals surface area (Å²) in [6, 6.07) is 3.41. The highest BCUT2D eigenvalue weighted by molar-refractivity contribution is 9.10. The summed E-state index contributed by atoms with van der Waals surface area (Å²) in [4.78, 5) is 13.8. The van der Waals surface area contributed by atoms with Crippen LogP contribution in [-0.2, 0) is 4.74 Å². The van der Waals surface area contributed by atoms with Crippen molar-refractivity contribution in [2.24, 2.45) is 0 Å². The Morgan fingerprint density at radius 2 is 2.41 bits per heavy atom. The molecule has 1 aromatic rings. The molecule has 17 heavy (non-hydrogen) atoms. The Hall–Kier alpha value is -1.07. The van der Waals surface area contributed by atoms with Crippen molar-refractivity contribution in [1.29, 1.82) is 0 Å². The average molecular weight is 300 g/mol. The number of hydrogen-bond acceptors (Lipinski definition) is 3. The fourth-order valence-corrected chi connectivity index (χ4v) is 2.10. The van der Waals surface area contributed by atoms with Gasteiger partial charge in [-0.25, -0.2) is 0 Å². The largest absolute Gasteiger partial charge is 0.444 e. The maximum absolute atomic E-state index is 12.0. The van der Waals surface area contributed by atoms with Crippen molar-refractivity contribution < 1.29 is 13.9 Å². The van der Waals surface area contributed by atoms with E-state index in [0.29, 0.717) is 30.1 Å². The van der Waals surface area contributed by atoms with Crippen LogP contribution >= 0.6 is 15.9 Å². The zero-order valence-electron chi connectivity index (χ0n) is 9.61. The smallest absolute Gasteiger partial charge is 0.289 e. The van der Waals surface area contributed by atoms with Gasteiger partial charge in [0.15, 0.2) is 10.4 Å². The van der Waals surface area contributed by atoms with Crippen LogP contribution in [0.15, 0.2) is 32.9 Å². The minimum Gasteiger partial charge on any atom is -0.444 e. The van der Waals surface area contributed by atoms with E-state index >= 15 is 0 Å². The quantitative estimate of drug-likeness (QED) is 0.805. The lowest BCUT2D eigenvalue weighted by molar-refractivity contribution is 0.0731. The Bertz CT molecular complexity index is 439. The second-order valence-corrected chi connectivity index (χ2v) is 4.68. The lowest BCUT2D eigenvalue weighted by Crippen LogP contribution is -2.35. The predicted molar refractivity (Wildman–Crippen MR) is 66.9 cm³/mol. The molecule has 2 heterocycles. The second kappa shape index (κ2) is 5.51. The van der Waals surface area contributed by atoms with E-state index in [1.54, 1.807) is 24.1 Å². The van der Waals surface area contributed by atoms with E-state index in [1.165, 1.54) is 5.57 Å². The molecular weight excluding hydrogens is 286 g/mol. The van der Waals surface area contributed by atoms with Crippen LogP contribution in [0.4, 0.5) is 0 Å². The van der Waals surface area contributed by atoms with Gasteiger partial charge in [0.05, 0.1) is 6.61 Å². The fourth-order valence-electron chi connectivity index (χ4n) is 1.80. The summed E-state index contributed by atoms with van der Waals surface area (Å²) >= 11 is 3.19. The van der Waals surface area contributed by atoms with Crippen molar-refractivity contribution in [3.05, 3.63) is 34.2 Å². The van der Waals surface area contributed by atoms with Crippen molar-refractivity contribution in [2.45, 2.75) is 6.42 Å². The Morgan fingerprint density at radius 3 is 2.94 bits per heavy atom. The van der Waals surface area contributed by atoms with Gasteiger partial charge in [-0.1, -0.05) is 6.08 Å². The molecule has 1 aromatic heterocycles. The molecule has 0 radical (unpaired) electrons. The maximum atomic E-state index is 12.0. The first kappa shape index (κ1) is 12.4. The molecule has 0 saturated carbocycles. The lowest BCUT2D eigenvalue weighted by Gasteiger charge is -2.25. The molecule has 0 aliphatic carbocycles. The first-order valence-corrected chi connectivity index (χ1v) is 6.21. The van der Waals surface area contributed by atoms with Gasteiger partial charge in [-0.15, -0.1) is 0 Å². The molecule has 0 saturated heterocycles. The average Bonchev–Trinajstić information content (AvgIpc) is 2.76. The van der Waals surface area contributed by atoms with E-state index in [-0.39, 0.29) is 5.91 Å². The molecule has 5 heteroatoms. The van der Waals surface area contributed by atoms with Gasteiger partial charge in [-0.05, 0) is 40.1 Å². The number of ether oxygens (including phenoxy) is 1. The van der Waals surface area contributed by atoms with Crippen LogP contribution in [0.1, 0.15) is 17.0 Å². The van der Waals surface area contributed by atoms with Gasteiger partial charge < -0.3 is 14.1 Å². The molecule has 1 aliphatic rings. The molecule has 0 atom stereocenters. The number of carbonyl (C=O) groups is 1. The van der Waals surface area contributed by atoms with E-state index in [2.05, 4.69) is 15.9 Å². The van der Waals surface area contributed by atoms with E-state index < -0.39 is 0 Å². The van der Waals surface area contributed by atoms with Crippen molar-refractivity contribution >= 4 is 21.8 Å². The van der Waals surface area contributed by atoms with Crippen molar-refractivity contribution in [3.63, 3.8) is 0 Å². The molecule has 0 N–H and O–H groups in total. The topological polar surface area (TPSA) is 42.7 Å². The van der Waals surface area contributed by atoms with Crippen LogP contribution in [0.2, 0.25) is 0 Å². The third kappa shape index (κ3) is 2.98. The Labute approximate surface area is 108 Å². The number of methoxy groups -OCH3 is 1. The highest BCUT2D eigenvalue weighted by Gasteiger charge is 2.21. The molecule has 2 rings (SSSR count). The van der Waals surface area contributed by atoms with Crippen molar-refractivity contribution in [1.82, 2.24) is 4.90 Å². The number of furan rings is 1. The Balaban J connectivity index is 1.99. The van der Waals surface area contributed by atoms with Crippen LogP contribution in [-0.4, -0.2) is 37.6 Å². The molecule has 0 fully saturated rings. The van der Waals surface area contributed by atoms with Crippen LogP contribution in [0.25, 0.3) is 0 Å². The van der Waals surface area contributed by atoms with Crippen molar-refractivity contribution in [3.8, 4) is 0 Å². The van der Waals surface area contributed by atoms with Crippen LogP contribution in [0.3, 0.4) is 0 Å². The summed E-state index contributed by atoms with van der Waals surface area (Å²) in [5.74, 6) is 0.309. The van der Waals surface area contributed by atoms with Gasteiger partial charge in [0, 0.05) is 20.2 Å². The molecule has 4 nitrogen and oxygen atoms in total. The normalized spacial score (nSPS) is 15.9. The molecule has 92 valence electrons. The first-order chi connectivity index (χ1) is 8.20. The van der Waals surface area contributed by atoms with E-state index in [4.69, 9.17) is 9.15 Å². The summed E-state index contributed by atoms with van der Waals surface area (Å²) in [5, 5.41) is 0. The van der Waals surface area contributed by atoms with Crippen molar-refractivity contribution in [2.75, 3.05) is 26.8 Å². The lowest BCUT2D eigenvalue weighted by atomic mass is 10.1. The zero-order valence-corrected chi connectivity index (χ0v) is 11.2. The molecule has 0 bridgehead atoms. The minimum atomic E-state index is -0.0663. The van der Waals surface area contributed by atoms with Gasteiger partial charge >= 0.3 is 0 Å². The van der Waals surface area contributed by atoms with Crippen LogP contribution in [0, 0.1) is 0 Å². The second-order valence-electron chi connectivity index (χ2n) is 3.90. The Morgan fingerprint density at radius 1 is 1.59 bits per heavy atom. The van der Waals surface area contributed by atoms with Crippen LogP contribution in [0.5, 0.6) is 0 Å². The Kier molecular flexibility index (Phi) is 4.02. The van der Waals surface area contributed by atoms with E-state index in [1.807, 2.05) is 6.08 Å². The summed E-state index contributed by atoms with van der Waals surface area (Å²) in [5.41, 5.74) is 1.25. The standard InChI is InChI=1S/C12H14BrNO3/c1-16-8-9-4-6-14(7-5-9)12(15)10-2-3-11(13)17-10/h2-4H,5-8H2,1H3. The molecular formula is C12H14BrNO3. The molecule has 0 unspecified atom stereocenters. The first-order valence-electron chi connectivity index (χ1n) is 5.42. The highest BCUT2D eigenvalue weighted by atomic mass is 79.9. The van der Waals surface area contributed by atoms with Crippen LogP contribution < -0.4 is 0 Å². The number of amides is 1. The number of rotatable bonds is 3. The monoisotopic (exact) mass is 299 g/mol. The summed E-state index contributed by atoms with van der Waals surface area (Å²) in [6.45, 7) is 1.98. The number of halogens is 1. The van der Waals surface area contributed by atoms with E-state index in [0.717, 1.165) is 6.42 Å². The number of nitrogens with zero attached hydrogens (tertiary/aromatic N) is 1. The minimum absolute atomic E-state index is 0.0663. The SMILES string of the molecule is COCC1=CCN(C(=O)c2ccc(Br)o2)CC1. The molecule has 0 spiro atoms. The number of carbonyl (C=O) groups excluding carboxylic acids is 1. The summed E-state index contributed by atoms with van der Waals surface area (Å²) in [7, 11) is 1.68. The third-order valence-corrected chi connectivity index (χ3v) is 3.13. The van der Waals surface area contributed by atoms with Gasteiger partial charge in [0.25, 0.3) is 5.91 Å². The fraction of sp³-hybridized carbons (Fsp3) is 0.417. The van der Waals surface area contributed by atoms with Gasteiger partial charge in [-0.3, -0.25) is 4.79 Å². The summed E-state index contributed by atoms with van der Waals surface area (Å²) < 4.78 is 10.9.